The molecular weight excluding hydrogens is 320 g/mol. The molecule has 16 heavy (non-hydrogen) atoms. The van der Waals surface area contributed by atoms with Crippen molar-refractivity contribution in [2.75, 3.05) is 0 Å². The molecule has 0 amide bonds. The first kappa shape index (κ1) is 13.6. The highest BCUT2D eigenvalue weighted by molar-refractivity contribution is 9.08. The summed E-state index contributed by atoms with van der Waals surface area (Å²) in [6.45, 7) is 0. The van der Waals surface area contributed by atoms with Gasteiger partial charge in [0.05, 0.1) is 10.6 Å². The molecule has 0 saturated carbocycles. The van der Waals surface area contributed by atoms with Gasteiger partial charge in [-0.05, 0) is 0 Å². The topological polar surface area (TPSA) is 12.9 Å². The lowest BCUT2D eigenvalue weighted by Crippen LogP contribution is -2.13. The average Bonchev–Trinajstić information content (AvgIpc) is 2.15. The zero-order chi connectivity index (χ0) is 12.5. The van der Waals surface area contributed by atoms with Crippen LogP contribution in [0.2, 0.25) is 5.02 Å². The summed E-state index contributed by atoms with van der Waals surface area (Å²) in [5.41, 5.74) is -2.83. The molecule has 0 atom stereocenters. The predicted octanol–water partition coefficient (Wildman–Crippen LogP) is 4.59. The third-order valence-corrected chi connectivity index (χ3v) is 2.80. The van der Waals surface area contributed by atoms with Crippen LogP contribution in [-0.2, 0) is 11.5 Å². The Morgan fingerprint density at radius 1 is 1.38 bits per heavy atom. The predicted molar refractivity (Wildman–Crippen MR) is 51.8 cm³/mol. The molecule has 0 aromatic carbocycles. The lowest BCUT2D eigenvalue weighted by molar-refractivity contribution is -0.143. The lowest BCUT2D eigenvalue weighted by Gasteiger charge is -2.14. The molecule has 0 unspecified atom stereocenters. The molecule has 0 aliphatic heterocycles. The van der Waals surface area contributed by atoms with Crippen LogP contribution in [0.15, 0.2) is 6.20 Å². The van der Waals surface area contributed by atoms with Gasteiger partial charge in [0.25, 0.3) is 6.43 Å². The molecule has 1 heterocycles. The molecule has 0 aliphatic rings. The molecule has 0 saturated heterocycles. The molecule has 0 spiro atoms. The van der Waals surface area contributed by atoms with Crippen LogP contribution in [0.3, 0.4) is 0 Å². The van der Waals surface area contributed by atoms with E-state index in [1.54, 1.807) is 0 Å². The Morgan fingerprint density at radius 2 is 1.94 bits per heavy atom. The Kier molecular flexibility index (Phi) is 4.12. The molecular formula is C8H4BrClF5N. The molecule has 0 N–H and O–H groups in total. The smallest absolute Gasteiger partial charge is 0.251 e. The quantitative estimate of drug-likeness (QED) is 0.573. The molecule has 8 heteroatoms. The zero-order valence-corrected chi connectivity index (χ0v) is 9.80. The summed E-state index contributed by atoms with van der Waals surface area (Å²) < 4.78 is 62.1. The monoisotopic (exact) mass is 323 g/mol. The van der Waals surface area contributed by atoms with Gasteiger partial charge in [-0.15, -0.1) is 0 Å². The summed E-state index contributed by atoms with van der Waals surface area (Å²) in [6, 6.07) is 0. The van der Waals surface area contributed by atoms with E-state index in [-0.39, 0.29) is 10.9 Å². The van der Waals surface area contributed by atoms with Crippen molar-refractivity contribution in [3.63, 3.8) is 0 Å². The highest BCUT2D eigenvalue weighted by Crippen LogP contribution is 2.40. The van der Waals surface area contributed by atoms with Crippen LogP contribution in [-0.4, -0.2) is 4.98 Å². The summed E-state index contributed by atoms with van der Waals surface area (Å²) >= 11 is 8.38. The Balaban J connectivity index is 3.47. The Bertz CT molecular complexity index is 393. The van der Waals surface area contributed by atoms with E-state index in [9.17, 15) is 22.0 Å². The van der Waals surface area contributed by atoms with E-state index in [0.29, 0.717) is 0 Å². The van der Waals surface area contributed by atoms with Crippen molar-refractivity contribution in [3.05, 3.63) is 28.0 Å². The molecule has 1 aromatic heterocycles. The minimum absolute atomic E-state index is 0.0523. The van der Waals surface area contributed by atoms with E-state index >= 15 is 0 Å². The molecule has 1 aromatic rings. The summed E-state index contributed by atoms with van der Waals surface area (Å²) in [4.78, 5) is 2.98. The Hall–Kier alpha value is -0.430. The van der Waals surface area contributed by atoms with Gasteiger partial charge in [-0.2, -0.15) is 13.2 Å². The van der Waals surface area contributed by atoms with E-state index in [1.165, 1.54) is 0 Å². The third kappa shape index (κ3) is 2.63. The van der Waals surface area contributed by atoms with Gasteiger partial charge in [-0.1, -0.05) is 27.5 Å². The fourth-order valence-corrected chi connectivity index (χ4v) is 1.94. The standard InChI is InChI=1S/C8H4BrClF5N/c9-1-3-2-16-6(8(13,14)15)4(5(3)10)7(11)12/h2,7H,1H2. The van der Waals surface area contributed by atoms with Crippen LogP contribution in [0.4, 0.5) is 22.0 Å². The first-order chi connectivity index (χ1) is 7.29. The second-order valence-corrected chi connectivity index (χ2v) is 3.73. The van der Waals surface area contributed by atoms with Crippen LogP contribution in [0.5, 0.6) is 0 Å². The number of hydrogen-bond acceptors (Lipinski definition) is 1. The average molecular weight is 324 g/mol. The summed E-state index contributed by atoms with van der Waals surface area (Å²) in [6.07, 6.45) is -7.44. The summed E-state index contributed by atoms with van der Waals surface area (Å²) in [5, 5.41) is -0.550. The van der Waals surface area contributed by atoms with Gasteiger partial charge >= 0.3 is 6.18 Å². The molecule has 0 fully saturated rings. The van der Waals surface area contributed by atoms with Crippen molar-refractivity contribution in [1.82, 2.24) is 4.98 Å². The van der Waals surface area contributed by atoms with E-state index in [2.05, 4.69) is 20.9 Å². The fourth-order valence-electron chi connectivity index (χ4n) is 1.06. The number of nitrogens with zero attached hydrogens (tertiary/aromatic N) is 1. The lowest BCUT2D eigenvalue weighted by atomic mass is 10.1. The number of pyridine rings is 1. The van der Waals surface area contributed by atoms with Gasteiger partial charge < -0.3 is 0 Å². The zero-order valence-electron chi connectivity index (χ0n) is 7.45. The van der Waals surface area contributed by atoms with Crippen molar-refractivity contribution in [2.24, 2.45) is 0 Å². The van der Waals surface area contributed by atoms with E-state index in [0.717, 1.165) is 6.20 Å². The first-order valence-corrected chi connectivity index (χ1v) is 5.37. The highest BCUT2D eigenvalue weighted by atomic mass is 79.9. The van der Waals surface area contributed by atoms with E-state index in [4.69, 9.17) is 11.6 Å². The molecule has 1 nitrogen and oxygen atoms in total. The maximum absolute atomic E-state index is 12.5. The van der Waals surface area contributed by atoms with Crippen molar-refractivity contribution in [2.45, 2.75) is 17.9 Å². The Labute approximate surface area is 101 Å². The molecule has 90 valence electrons. The van der Waals surface area contributed by atoms with Crippen molar-refractivity contribution < 1.29 is 22.0 Å². The highest BCUT2D eigenvalue weighted by Gasteiger charge is 2.39. The maximum atomic E-state index is 12.5. The van der Waals surface area contributed by atoms with Crippen LogP contribution in [0.25, 0.3) is 0 Å². The minimum atomic E-state index is -4.94. The second-order valence-electron chi connectivity index (χ2n) is 2.79. The summed E-state index contributed by atoms with van der Waals surface area (Å²) in [5.74, 6) is 0. The number of alkyl halides is 6. The Morgan fingerprint density at radius 3 is 2.31 bits per heavy atom. The van der Waals surface area contributed by atoms with Gasteiger partial charge in [0, 0.05) is 17.1 Å². The van der Waals surface area contributed by atoms with E-state index in [1.807, 2.05) is 0 Å². The van der Waals surface area contributed by atoms with Crippen molar-refractivity contribution >= 4 is 27.5 Å². The molecule has 0 bridgehead atoms. The largest absolute Gasteiger partial charge is 0.433 e. The summed E-state index contributed by atoms with van der Waals surface area (Å²) in [7, 11) is 0. The number of aromatic nitrogens is 1. The minimum Gasteiger partial charge on any atom is -0.251 e. The first-order valence-electron chi connectivity index (χ1n) is 3.87. The van der Waals surface area contributed by atoms with E-state index < -0.39 is 28.9 Å². The van der Waals surface area contributed by atoms with Crippen LogP contribution in [0, 0.1) is 0 Å². The maximum Gasteiger partial charge on any atom is 0.433 e. The van der Waals surface area contributed by atoms with Crippen LogP contribution < -0.4 is 0 Å². The van der Waals surface area contributed by atoms with Gasteiger partial charge in [0.1, 0.15) is 0 Å². The number of rotatable bonds is 2. The van der Waals surface area contributed by atoms with Gasteiger partial charge in [-0.25, -0.2) is 8.78 Å². The van der Waals surface area contributed by atoms with Gasteiger partial charge in [0.15, 0.2) is 5.69 Å². The third-order valence-electron chi connectivity index (χ3n) is 1.75. The molecule has 0 aliphatic carbocycles. The molecule has 1 rings (SSSR count). The number of halogens is 7. The van der Waals surface area contributed by atoms with Crippen molar-refractivity contribution in [3.8, 4) is 0 Å². The van der Waals surface area contributed by atoms with Crippen LogP contribution >= 0.6 is 27.5 Å². The number of hydrogen-bond donors (Lipinski definition) is 0. The van der Waals surface area contributed by atoms with Gasteiger partial charge in [0.2, 0.25) is 0 Å². The SMILES string of the molecule is FC(F)c1c(C(F)(F)F)ncc(CBr)c1Cl. The molecule has 0 radical (unpaired) electrons. The fraction of sp³-hybridized carbons (Fsp3) is 0.375. The van der Waals surface area contributed by atoms with Gasteiger partial charge in [-0.3, -0.25) is 4.98 Å². The van der Waals surface area contributed by atoms with Crippen LogP contribution in [0.1, 0.15) is 23.2 Å². The van der Waals surface area contributed by atoms with Crippen molar-refractivity contribution in [1.29, 1.82) is 0 Å². The second kappa shape index (κ2) is 4.83. The normalized spacial score (nSPS) is 12.2.